The largest absolute Gasteiger partial charge is 0.355 e. The van der Waals surface area contributed by atoms with Gasteiger partial charge in [0.1, 0.15) is 6.04 Å². The van der Waals surface area contributed by atoms with Crippen LogP contribution in [0, 0.1) is 6.92 Å². The Morgan fingerprint density at radius 1 is 1.14 bits per heavy atom. The number of halogens is 2. The first-order valence-corrected chi connectivity index (χ1v) is 11.4. The fourth-order valence-electron chi connectivity index (χ4n) is 2.85. The van der Waals surface area contributed by atoms with Gasteiger partial charge >= 0.3 is 0 Å². The van der Waals surface area contributed by atoms with Crippen molar-refractivity contribution >= 4 is 46.8 Å². The first-order chi connectivity index (χ1) is 13.8. The summed E-state index contributed by atoms with van der Waals surface area (Å²) in [5.41, 5.74) is 3.05. The Hall–Kier alpha value is -1.69. The summed E-state index contributed by atoms with van der Waals surface area (Å²) in [5.74, 6) is 0.617. The predicted molar refractivity (Wildman–Crippen MR) is 122 cm³/mol. The molecule has 2 aromatic rings. The third-order valence-corrected chi connectivity index (χ3v) is 6.17. The molecule has 0 saturated carbocycles. The zero-order valence-corrected chi connectivity index (χ0v) is 19.2. The van der Waals surface area contributed by atoms with Gasteiger partial charge in [-0.1, -0.05) is 53.5 Å². The molecule has 0 aromatic heterocycles. The van der Waals surface area contributed by atoms with E-state index in [2.05, 4.69) is 5.32 Å². The standard InChI is InChI=1S/C22H26Cl2N2O2S/c1-4-25-22(28)16(3)26(12-17-8-6-5-7-15(17)2)21(27)14-29-13-18-9-10-19(23)11-20(18)24/h5-11,16H,4,12-14H2,1-3H3,(H,25,28). The Balaban J connectivity index is 2.08. The molecule has 2 rings (SSSR count). The van der Waals surface area contributed by atoms with Gasteiger partial charge in [0.25, 0.3) is 0 Å². The Bertz CT molecular complexity index is 860. The highest BCUT2D eigenvalue weighted by molar-refractivity contribution is 7.99. The van der Waals surface area contributed by atoms with Crippen LogP contribution in [0.2, 0.25) is 10.0 Å². The van der Waals surface area contributed by atoms with Crippen molar-refractivity contribution in [1.82, 2.24) is 10.2 Å². The van der Waals surface area contributed by atoms with Crippen LogP contribution in [0.25, 0.3) is 0 Å². The number of nitrogens with one attached hydrogen (secondary N) is 1. The number of carbonyl (C=O) groups excluding carboxylic acids is 2. The second-order valence-corrected chi connectivity index (χ2v) is 8.58. The first kappa shape index (κ1) is 23.6. The van der Waals surface area contributed by atoms with Crippen molar-refractivity contribution in [3.63, 3.8) is 0 Å². The van der Waals surface area contributed by atoms with E-state index in [4.69, 9.17) is 23.2 Å². The average Bonchev–Trinajstić information content (AvgIpc) is 2.68. The minimum Gasteiger partial charge on any atom is -0.355 e. The Kier molecular flexibility index (Phi) is 9.34. The highest BCUT2D eigenvalue weighted by Crippen LogP contribution is 2.25. The summed E-state index contributed by atoms with van der Waals surface area (Å²) in [5, 5.41) is 3.98. The van der Waals surface area contributed by atoms with Gasteiger partial charge in [-0.15, -0.1) is 11.8 Å². The molecule has 0 aliphatic heterocycles. The Morgan fingerprint density at radius 3 is 2.52 bits per heavy atom. The molecule has 4 nitrogen and oxygen atoms in total. The fourth-order valence-corrected chi connectivity index (χ4v) is 4.31. The first-order valence-electron chi connectivity index (χ1n) is 9.46. The van der Waals surface area contributed by atoms with E-state index in [1.807, 2.05) is 44.2 Å². The summed E-state index contributed by atoms with van der Waals surface area (Å²) in [4.78, 5) is 27.0. The van der Waals surface area contributed by atoms with E-state index >= 15 is 0 Å². The number of likely N-dealkylation sites (N-methyl/N-ethyl adjacent to an activating group) is 1. The van der Waals surface area contributed by atoms with Crippen LogP contribution in [-0.4, -0.2) is 35.1 Å². The molecule has 0 spiro atoms. The molecule has 0 fully saturated rings. The van der Waals surface area contributed by atoms with Gasteiger partial charge in [-0.05, 0) is 49.6 Å². The van der Waals surface area contributed by atoms with E-state index in [0.717, 1.165) is 16.7 Å². The number of benzene rings is 2. The molecule has 0 heterocycles. The summed E-state index contributed by atoms with van der Waals surface area (Å²) < 4.78 is 0. The van der Waals surface area contributed by atoms with Crippen LogP contribution in [0.5, 0.6) is 0 Å². The van der Waals surface area contributed by atoms with Gasteiger partial charge < -0.3 is 10.2 Å². The van der Waals surface area contributed by atoms with Crippen molar-refractivity contribution in [2.24, 2.45) is 0 Å². The van der Waals surface area contributed by atoms with E-state index in [9.17, 15) is 9.59 Å². The molecule has 1 atom stereocenters. The van der Waals surface area contributed by atoms with Crippen LogP contribution < -0.4 is 5.32 Å². The highest BCUT2D eigenvalue weighted by atomic mass is 35.5. The molecule has 2 amide bonds. The van der Waals surface area contributed by atoms with Crippen LogP contribution in [0.4, 0.5) is 0 Å². The third kappa shape index (κ3) is 6.95. The third-order valence-electron chi connectivity index (χ3n) is 4.62. The second kappa shape index (κ2) is 11.5. The minimum atomic E-state index is -0.554. The van der Waals surface area contributed by atoms with Gasteiger partial charge in [0.05, 0.1) is 5.75 Å². The zero-order chi connectivity index (χ0) is 21.4. The summed E-state index contributed by atoms with van der Waals surface area (Å²) in [7, 11) is 0. The molecular weight excluding hydrogens is 427 g/mol. The van der Waals surface area contributed by atoms with Gasteiger partial charge in [-0.2, -0.15) is 0 Å². The zero-order valence-electron chi connectivity index (χ0n) is 16.9. The monoisotopic (exact) mass is 452 g/mol. The molecule has 0 aliphatic rings. The van der Waals surface area contributed by atoms with Crippen molar-refractivity contribution in [3.05, 3.63) is 69.2 Å². The SMILES string of the molecule is CCNC(=O)C(C)N(Cc1ccccc1C)C(=O)CSCc1ccc(Cl)cc1Cl. The topological polar surface area (TPSA) is 49.4 Å². The molecule has 2 aromatic carbocycles. The lowest BCUT2D eigenvalue weighted by Gasteiger charge is -2.29. The Morgan fingerprint density at radius 2 is 1.86 bits per heavy atom. The smallest absolute Gasteiger partial charge is 0.242 e. The molecule has 0 aliphatic carbocycles. The van der Waals surface area contributed by atoms with E-state index in [0.29, 0.717) is 28.9 Å². The van der Waals surface area contributed by atoms with Crippen LogP contribution in [-0.2, 0) is 21.9 Å². The number of nitrogens with zero attached hydrogens (tertiary/aromatic N) is 1. The van der Waals surface area contributed by atoms with E-state index in [1.165, 1.54) is 11.8 Å². The lowest BCUT2D eigenvalue weighted by Crippen LogP contribution is -2.48. The minimum absolute atomic E-state index is 0.0814. The van der Waals surface area contributed by atoms with Crippen LogP contribution in [0.15, 0.2) is 42.5 Å². The summed E-state index contributed by atoms with van der Waals surface area (Å²) in [6.07, 6.45) is 0. The molecule has 1 unspecified atom stereocenters. The van der Waals surface area contributed by atoms with E-state index in [-0.39, 0.29) is 17.6 Å². The quantitative estimate of drug-likeness (QED) is 0.576. The Labute approximate surface area is 187 Å². The van der Waals surface area contributed by atoms with Crippen LogP contribution in [0.1, 0.15) is 30.5 Å². The number of hydrogen-bond acceptors (Lipinski definition) is 3. The van der Waals surface area contributed by atoms with Crippen molar-refractivity contribution in [1.29, 1.82) is 0 Å². The lowest BCUT2D eigenvalue weighted by molar-refractivity contribution is -0.138. The lowest BCUT2D eigenvalue weighted by atomic mass is 10.1. The normalized spacial score (nSPS) is 11.8. The molecule has 0 saturated heterocycles. The molecule has 0 bridgehead atoms. The van der Waals surface area contributed by atoms with Crippen molar-refractivity contribution < 1.29 is 9.59 Å². The second-order valence-electron chi connectivity index (χ2n) is 6.75. The van der Waals surface area contributed by atoms with E-state index < -0.39 is 6.04 Å². The maximum atomic E-state index is 13.0. The number of thioether (sulfide) groups is 1. The molecular formula is C22H26Cl2N2O2S. The highest BCUT2D eigenvalue weighted by Gasteiger charge is 2.26. The number of aryl methyl sites for hydroxylation is 1. The number of amides is 2. The number of carbonyl (C=O) groups is 2. The van der Waals surface area contributed by atoms with Crippen LogP contribution in [0.3, 0.4) is 0 Å². The van der Waals surface area contributed by atoms with Gasteiger partial charge in [0.2, 0.25) is 11.8 Å². The van der Waals surface area contributed by atoms with Crippen molar-refractivity contribution in [2.45, 2.75) is 39.1 Å². The molecule has 1 N–H and O–H groups in total. The molecule has 0 radical (unpaired) electrons. The van der Waals surface area contributed by atoms with Gasteiger partial charge in [-0.3, -0.25) is 9.59 Å². The molecule has 7 heteroatoms. The molecule has 156 valence electrons. The van der Waals surface area contributed by atoms with E-state index in [1.54, 1.807) is 24.0 Å². The summed E-state index contributed by atoms with van der Waals surface area (Å²) >= 11 is 13.6. The van der Waals surface area contributed by atoms with Gasteiger partial charge in [0.15, 0.2) is 0 Å². The van der Waals surface area contributed by atoms with Crippen molar-refractivity contribution in [2.75, 3.05) is 12.3 Å². The van der Waals surface area contributed by atoms with Crippen molar-refractivity contribution in [3.8, 4) is 0 Å². The predicted octanol–water partition coefficient (Wildman–Crippen LogP) is 5.09. The van der Waals surface area contributed by atoms with Crippen LogP contribution >= 0.6 is 35.0 Å². The fraction of sp³-hybridized carbons (Fsp3) is 0.364. The summed E-state index contributed by atoms with van der Waals surface area (Å²) in [6.45, 7) is 6.56. The summed E-state index contributed by atoms with van der Waals surface area (Å²) in [6, 6.07) is 12.7. The maximum Gasteiger partial charge on any atom is 0.242 e. The van der Waals surface area contributed by atoms with Gasteiger partial charge in [0, 0.05) is 28.9 Å². The number of hydrogen-bond donors (Lipinski definition) is 1. The van der Waals surface area contributed by atoms with Gasteiger partial charge in [-0.25, -0.2) is 0 Å². The maximum absolute atomic E-state index is 13.0. The number of rotatable bonds is 9. The average molecular weight is 453 g/mol. The molecule has 29 heavy (non-hydrogen) atoms.